The van der Waals surface area contributed by atoms with Crippen LogP contribution in [0.15, 0.2) is 42.9 Å². The Morgan fingerprint density at radius 2 is 1.83 bits per heavy atom. The molecule has 0 radical (unpaired) electrons. The summed E-state index contributed by atoms with van der Waals surface area (Å²) in [6.07, 6.45) is 5.33. The van der Waals surface area contributed by atoms with E-state index in [0.29, 0.717) is 11.6 Å². The van der Waals surface area contributed by atoms with Crippen molar-refractivity contribution in [1.29, 1.82) is 0 Å². The number of rotatable bonds is 4. The summed E-state index contributed by atoms with van der Waals surface area (Å²) < 4.78 is 15.4. The fourth-order valence-electron chi connectivity index (χ4n) is 6.39. The van der Waals surface area contributed by atoms with Crippen molar-refractivity contribution in [2.75, 3.05) is 11.5 Å². The number of hydrogen-bond donors (Lipinski definition) is 2. The van der Waals surface area contributed by atoms with Gasteiger partial charge in [-0.15, -0.1) is 0 Å². The van der Waals surface area contributed by atoms with Gasteiger partial charge in [0.1, 0.15) is 29.7 Å². The maximum absolute atomic E-state index is 6.59. The van der Waals surface area contributed by atoms with E-state index in [1.165, 1.54) is 11.9 Å². The van der Waals surface area contributed by atoms with E-state index < -0.39 is 5.79 Å². The summed E-state index contributed by atoms with van der Waals surface area (Å²) in [6, 6.07) is 10.7. The summed E-state index contributed by atoms with van der Waals surface area (Å²) >= 11 is 0. The Bertz CT molecular complexity index is 1480. The number of aryl methyl sites for hydroxylation is 2. The van der Waals surface area contributed by atoms with Crippen LogP contribution in [0.3, 0.4) is 0 Å². The molecule has 1 aliphatic heterocycles. The molecule has 1 saturated heterocycles. The maximum atomic E-state index is 6.59. The van der Waals surface area contributed by atoms with Crippen molar-refractivity contribution >= 4 is 33.6 Å². The van der Waals surface area contributed by atoms with Crippen LogP contribution in [0.4, 0.5) is 11.6 Å². The third-order valence-electron chi connectivity index (χ3n) is 8.59. The van der Waals surface area contributed by atoms with Gasteiger partial charge in [0, 0.05) is 17.0 Å². The zero-order valence-electron chi connectivity index (χ0n) is 21.5. The minimum absolute atomic E-state index is 0.0407. The van der Waals surface area contributed by atoms with E-state index in [1.54, 1.807) is 0 Å². The molecule has 8 heteroatoms. The molecule has 1 aliphatic carbocycles. The minimum Gasteiger partial charge on any atom is -0.383 e. The third-order valence-corrected chi connectivity index (χ3v) is 8.59. The van der Waals surface area contributed by atoms with Crippen LogP contribution >= 0.6 is 0 Å². The number of nitrogens with two attached hydrogens (primary N) is 2. The van der Waals surface area contributed by atoms with Crippen LogP contribution in [0.25, 0.3) is 21.9 Å². The van der Waals surface area contributed by atoms with Crippen LogP contribution in [0.5, 0.6) is 0 Å². The molecule has 188 valence electrons. The fourth-order valence-corrected chi connectivity index (χ4v) is 6.39. The molecule has 1 saturated carbocycles. The second-order valence-electron chi connectivity index (χ2n) is 11.2. The lowest BCUT2D eigenvalue weighted by atomic mass is 9.74. The molecule has 2 aliphatic rings. The lowest BCUT2D eigenvalue weighted by Gasteiger charge is -2.37. The van der Waals surface area contributed by atoms with Gasteiger partial charge in [0.05, 0.1) is 23.0 Å². The van der Waals surface area contributed by atoms with Crippen LogP contribution in [0.1, 0.15) is 51.3 Å². The molecule has 4 N–H and O–H groups in total. The Balaban J connectivity index is 1.34. The molecule has 8 nitrogen and oxygen atoms in total. The number of nitrogen functional groups attached to an aromatic ring is 2. The van der Waals surface area contributed by atoms with Gasteiger partial charge in [-0.25, -0.2) is 15.0 Å². The quantitative estimate of drug-likeness (QED) is 0.426. The molecule has 36 heavy (non-hydrogen) atoms. The standard InChI is InChI=1S/C28H34N6O2/c1-15-12-18-7-6-17(13-20(18)33-24(15)29)8-10-28(5)16(2)21(22-23(28)36-27(3,4)35-22)34-11-9-19-25(30)31-14-32-26(19)34/h6-7,9,11-14,16,21-23H,8,10H2,1-5H3,(H2,29,33)(H2,30,31,32)/t16-,21?,22+,23+,28+/m1/s1. The van der Waals surface area contributed by atoms with Crippen molar-refractivity contribution in [3.63, 3.8) is 0 Å². The number of pyridine rings is 1. The third kappa shape index (κ3) is 3.46. The molecule has 4 aromatic rings. The SMILES string of the molecule is Cc1cc2ccc(CC[C@@]3(C)[C@H](C)C(n4ccc5c(N)ncnc54)[C@@H]4OC(C)(C)O[C@@H]43)cc2nc1N. The molecule has 1 aromatic carbocycles. The van der Waals surface area contributed by atoms with Crippen molar-refractivity contribution in [3.05, 3.63) is 54.0 Å². The topological polar surface area (TPSA) is 114 Å². The molecule has 4 heterocycles. The number of benzene rings is 1. The van der Waals surface area contributed by atoms with Gasteiger partial charge in [0.2, 0.25) is 0 Å². The zero-order chi connectivity index (χ0) is 25.4. The van der Waals surface area contributed by atoms with Gasteiger partial charge in [0.15, 0.2) is 5.79 Å². The first kappa shape index (κ1) is 23.2. The summed E-state index contributed by atoms with van der Waals surface area (Å²) in [5, 5.41) is 1.98. The van der Waals surface area contributed by atoms with E-state index in [4.69, 9.17) is 20.9 Å². The molecule has 2 fully saturated rings. The van der Waals surface area contributed by atoms with E-state index in [2.05, 4.69) is 63.8 Å². The number of ether oxygens (including phenoxy) is 2. The predicted octanol–water partition coefficient (Wildman–Crippen LogP) is 4.80. The normalized spacial score (nSPS) is 29.2. The molecule has 6 rings (SSSR count). The lowest BCUT2D eigenvalue weighted by molar-refractivity contribution is -0.175. The summed E-state index contributed by atoms with van der Waals surface area (Å²) in [6.45, 7) is 10.6. The van der Waals surface area contributed by atoms with Crippen molar-refractivity contribution in [2.24, 2.45) is 11.3 Å². The largest absolute Gasteiger partial charge is 0.383 e. The summed E-state index contributed by atoms with van der Waals surface area (Å²) in [5.41, 5.74) is 16.1. The van der Waals surface area contributed by atoms with Crippen LogP contribution in [-0.2, 0) is 15.9 Å². The summed E-state index contributed by atoms with van der Waals surface area (Å²) in [7, 11) is 0. The fraction of sp³-hybridized carbons (Fsp3) is 0.464. The van der Waals surface area contributed by atoms with Gasteiger partial charge in [-0.2, -0.15) is 0 Å². The van der Waals surface area contributed by atoms with Crippen LogP contribution in [-0.4, -0.2) is 37.5 Å². The van der Waals surface area contributed by atoms with Crippen molar-refractivity contribution in [1.82, 2.24) is 19.5 Å². The highest BCUT2D eigenvalue weighted by atomic mass is 16.8. The summed E-state index contributed by atoms with van der Waals surface area (Å²) in [5.74, 6) is 0.707. The average molecular weight is 487 g/mol. The van der Waals surface area contributed by atoms with Crippen molar-refractivity contribution < 1.29 is 9.47 Å². The highest BCUT2D eigenvalue weighted by Gasteiger charge is 2.63. The molecule has 5 atom stereocenters. The number of hydrogen-bond acceptors (Lipinski definition) is 7. The first-order chi connectivity index (χ1) is 17.1. The number of nitrogens with zero attached hydrogens (tertiary/aromatic N) is 4. The first-order valence-corrected chi connectivity index (χ1v) is 12.7. The molecule has 0 amide bonds. The Hall–Kier alpha value is -3.23. The highest BCUT2D eigenvalue weighted by molar-refractivity contribution is 5.86. The first-order valence-electron chi connectivity index (χ1n) is 12.7. The van der Waals surface area contributed by atoms with E-state index in [9.17, 15) is 0 Å². The van der Waals surface area contributed by atoms with Crippen LogP contribution in [0.2, 0.25) is 0 Å². The second-order valence-corrected chi connectivity index (χ2v) is 11.2. The van der Waals surface area contributed by atoms with Gasteiger partial charge < -0.3 is 25.5 Å². The molecule has 3 aromatic heterocycles. The van der Waals surface area contributed by atoms with E-state index in [1.807, 2.05) is 26.8 Å². The maximum Gasteiger partial charge on any atom is 0.163 e. The number of aromatic nitrogens is 4. The Morgan fingerprint density at radius 3 is 2.64 bits per heavy atom. The van der Waals surface area contributed by atoms with E-state index >= 15 is 0 Å². The van der Waals surface area contributed by atoms with Crippen molar-refractivity contribution in [3.8, 4) is 0 Å². The van der Waals surface area contributed by atoms with Gasteiger partial charge in [-0.1, -0.05) is 26.0 Å². The number of anilines is 2. The summed E-state index contributed by atoms with van der Waals surface area (Å²) in [4.78, 5) is 13.3. The van der Waals surface area contributed by atoms with Crippen LogP contribution < -0.4 is 11.5 Å². The molecule has 1 unspecified atom stereocenters. The zero-order valence-corrected chi connectivity index (χ0v) is 21.5. The van der Waals surface area contributed by atoms with Crippen molar-refractivity contribution in [2.45, 2.75) is 71.5 Å². The van der Waals surface area contributed by atoms with Gasteiger partial charge in [0.25, 0.3) is 0 Å². The molecule has 0 spiro atoms. The Labute approximate surface area is 211 Å². The minimum atomic E-state index is -0.645. The number of fused-ring (bicyclic) bond motifs is 3. The van der Waals surface area contributed by atoms with Gasteiger partial charge >= 0.3 is 0 Å². The highest BCUT2D eigenvalue weighted by Crippen LogP contribution is 2.58. The second kappa shape index (κ2) is 7.88. The van der Waals surface area contributed by atoms with Crippen LogP contribution in [0, 0.1) is 18.3 Å². The lowest BCUT2D eigenvalue weighted by Crippen LogP contribution is -2.37. The average Bonchev–Trinajstić information content (AvgIpc) is 3.45. The predicted molar refractivity (Wildman–Crippen MR) is 141 cm³/mol. The van der Waals surface area contributed by atoms with Gasteiger partial charge in [-0.05, 0) is 68.9 Å². The van der Waals surface area contributed by atoms with E-state index in [-0.39, 0.29) is 29.6 Å². The van der Waals surface area contributed by atoms with Gasteiger partial charge in [-0.3, -0.25) is 0 Å². The Kier molecular flexibility index (Phi) is 5.08. The monoisotopic (exact) mass is 486 g/mol. The smallest absolute Gasteiger partial charge is 0.163 e. The molecule has 0 bridgehead atoms. The molecular formula is C28H34N6O2. The Morgan fingerprint density at radius 1 is 1.03 bits per heavy atom. The molecular weight excluding hydrogens is 452 g/mol. The van der Waals surface area contributed by atoms with E-state index in [0.717, 1.165) is 40.3 Å².